The Bertz CT molecular complexity index is 439. The Balaban J connectivity index is 4.28. The predicted octanol–water partition coefficient (Wildman–Crippen LogP) is 0.953. The lowest BCUT2D eigenvalue weighted by molar-refractivity contribution is -0.153. The normalized spacial score (nSPS) is 13.2. The van der Waals surface area contributed by atoms with E-state index in [0.717, 1.165) is 0 Å². The standard InChI is InChI=1S/C12H20O7S/c1-3-5-10(9-19-11(13)6-4-2)12(14)18-7-8-20(15,16)17/h4,6,10H,3,5,7-9H2,1-2H3,(H,15,16,17). The highest BCUT2D eigenvalue weighted by atomic mass is 32.2. The van der Waals surface area contributed by atoms with Crippen LogP contribution in [0.25, 0.3) is 0 Å². The zero-order valence-corrected chi connectivity index (χ0v) is 12.4. The van der Waals surface area contributed by atoms with Crippen molar-refractivity contribution in [2.24, 2.45) is 5.92 Å². The van der Waals surface area contributed by atoms with Gasteiger partial charge in [-0.25, -0.2) is 4.79 Å². The molecule has 8 heteroatoms. The van der Waals surface area contributed by atoms with Crippen LogP contribution < -0.4 is 0 Å². The molecule has 116 valence electrons. The van der Waals surface area contributed by atoms with E-state index in [1.807, 2.05) is 6.92 Å². The molecule has 0 amide bonds. The number of allylic oxidation sites excluding steroid dienone is 1. The summed E-state index contributed by atoms with van der Waals surface area (Å²) in [7, 11) is -4.16. The van der Waals surface area contributed by atoms with Gasteiger partial charge in [-0.15, -0.1) is 0 Å². The maximum atomic E-state index is 11.7. The van der Waals surface area contributed by atoms with Gasteiger partial charge < -0.3 is 9.47 Å². The van der Waals surface area contributed by atoms with E-state index in [2.05, 4.69) is 0 Å². The lowest BCUT2D eigenvalue weighted by atomic mass is 10.1. The van der Waals surface area contributed by atoms with Crippen molar-refractivity contribution >= 4 is 22.1 Å². The molecule has 0 radical (unpaired) electrons. The molecule has 0 rings (SSSR count). The van der Waals surface area contributed by atoms with E-state index in [-0.39, 0.29) is 6.61 Å². The number of carbonyl (C=O) groups excluding carboxylic acids is 2. The van der Waals surface area contributed by atoms with Crippen LogP contribution in [0.15, 0.2) is 12.2 Å². The molecule has 1 unspecified atom stereocenters. The predicted molar refractivity (Wildman–Crippen MR) is 71.5 cm³/mol. The quantitative estimate of drug-likeness (QED) is 0.384. The summed E-state index contributed by atoms with van der Waals surface area (Å²) in [6.07, 6.45) is 3.88. The van der Waals surface area contributed by atoms with Crippen LogP contribution >= 0.6 is 0 Å². The van der Waals surface area contributed by atoms with Gasteiger partial charge in [0.05, 0.1) is 5.92 Å². The van der Waals surface area contributed by atoms with Gasteiger partial charge in [-0.05, 0) is 13.3 Å². The third kappa shape index (κ3) is 9.51. The minimum Gasteiger partial charge on any atom is -0.464 e. The summed E-state index contributed by atoms with van der Waals surface area (Å²) in [6, 6.07) is 0. The van der Waals surface area contributed by atoms with Gasteiger partial charge in [0.2, 0.25) is 0 Å². The topological polar surface area (TPSA) is 107 Å². The summed E-state index contributed by atoms with van der Waals surface area (Å²) in [5, 5.41) is 0. The Morgan fingerprint density at radius 2 is 1.95 bits per heavy atom. The third-order valence-corrected chi connectivity index (χ3v) is 2.97. The lowest BCUT2D eigenvalue weighted by Crippen LogP contribution is -2.25. The number of hydrogen-bond donors (Lipinski definition) is 1. The SMILES string of the molecule is CC=CC(=O)OCC(CCC)C(=O)OCCS(=O)(=O)O. The van der Waals surface area contributed by atoms with Crippen molar-refractivity contribution in [1.82, 2.24) is 0 Å². The Kier molecular flexibility index (Phi) is 8.82. The summed E-state index contributed by atoms with van der Waals surface area (Å²) >= 11 is 0. The Morgan fingerprint density at radius 1 is 1.30 bits per heavy atom. The monoisotopic (exact) mass is 308 g/mol. The molecule has 0 aromatic carbocycles. The van der Waals surface area contributed by atoms with Crippen LogP contribution in [0.4, 0.5) is 0 Å². The summed E-state index contributed by atoms with van der Waals surface area (Å²) in [6.45, 7) is 2.96. The maximum Gasteiger partial charge on any atom is 0.330 e. The molecule has 0 bridgehead atoms. The average molecular weight is 308 g/mol. The number of carbonyl (C=O) groups is 2. The van der Waals surface area contributed by atoms with E-state index >= 15 is 0 Å². The molecule has 1 N–H and O–H groups in total. The van der Waals surface area contributed by atoms with Gasteiger partial charge in [0, 0.05) is 6.08 Å². The molecule has 0 aliphatic carbocycles. The first kappa shape index (κ1) is 18.6. The van der Waals surface area contributed by atoms with E-state index in [0.29, 0.717) is 12.8 Å². The highest BCUT2D eigenvalue weighted by Gasteiger charge is 2.21. The fraction of sp³-hybridized carbons (Fsp3) is 0.667. The summed E-state index contributed by atoms with van der Waals surface area (Å²) < 4.78 is 39.1. The second-order valence-corrected chi connectivity index (χ2v) is 5.64. The van der Waals surface area contributed by atoms with Crippen LogP contribution in [-0.4, -0.2) is 43.9 Å². The molecule has 0 aromatic rings. The molecule has 20 heavy (non-hydrogen) atoms. The lowest BCUT2D eigenvalue weighted by Gasteiger charge is -2.14. The number of esters is 2. The van der Waals surface area contributed by atoms with E-state index in [9.17, 15) is 18.0 Å². The minimum absolute atomic E-state index is 0.123. The minimum atomic E-state index is -4.16. The molecule has 0 spiro atoms. The van der Waals surface area contributed by atoms with Crippen molar-refractivity contribution in [2.45, 2.75) is 26.7 Å². The van der Waals surface area contributed by atoms with E-state index in [1.54, 1.807) is 6.92 Å². The average Bonchev–Trinajstić information content (AvgIpc) is 2.33. The third-order valence-electron chi connectivity index (χ3n) is 2.29. The molecule has 0 aliphatic rings. The first-order chi connectivity index (χ1) is 9.30. The van der Waals surface area contributed by atoms with Gasteiger partial charge in [0.25, 0.3) is 10.1 Å². The Morgan fingerprint density at radius 3 is 2.45 bits per heavy atom. The smallest absolute Gasteiger partial charge is 0.330 e. The van der Waals surface area contributed by atoms with Crippen LogP contribution in [0.5, 0.6) is 0 Å². The van der Waals surface area contributed by atoms with Crippen LogP contribution in [-0.2, 0) is 29.2 Å². The van der Waals surface area contributed by atoms with Gasteiger partial charge in [-0.2, -0.15) is 8.42 Å². The Labute approximate surface area is 118 Å². The van der Waals surface area contributed by atoms with E-state index < -0.39 is 40.3 Å². The van der Waals surface area contributed by atoms with Gasteiger partial charge in [-0.3, -0.25) is 9.35 Å². The van der Waals surface area contributed by atoms with Crippen LogP contribution in [0.1, 0.15) is 26.7 Å². The van der Waals surface area contributed by atoms with Crippen molar-refractivity contribution in [2.75, 3.05) is 19.0 Å². The van der Waals surface area contributed by atoms with Crippen molar-refractivity contribution in [3.05, 3.63) is 12.2 Å². The molecule has 7 nitrogen and oxygen atoms in total. The molecule has 0 heterocycles. The zero-order chi connectivity index (χ0) is 15.6. The molecule has 0 fully saturated rings. The number of ether oxygens (including phenoxy) is 2. The highest BCUT2D eigenvalue weighted by Crippen LogP contribution is 2.10. The van der Waals surface area contributed by atoms with E-state index in [1.165, 1.54) is 12.2 Å². The molecular weight excluding hydrogens is 288 g/mol. The van der Waals surface area contributed by atoms with Gasteiger partial charge in [0.15, 0.2) is 0 Å². The van der Waals surface area contributed by atoms with Gasteiger partial charge in [0.1, 0.15) is 19.0 Å². The van der Waals surface area contributed by atoms with Crippen molar-refractivity contribution < 1.29 is 32.0 Å². The van der Waals surface area contributed by atoms with Crippen molar-refractivity contribution in [1.29, 1.82) is 0 Å². The summed E-state index contributed by atoms with van der Waals surface area (Å²) in [5.41, 5.74) is 0. The van der Waals surface area contributed by atoms with E-state index in [4.69, 9.17) is 14.0 Å². The van der Waals surface area contributed by atoms with Crippen LogP contribution in [0, 0.1) is 5.92 Å². The van der Waals surface area contributed by atoms with Crippen molar-refractivity contribution in [3.63, 3.8) is 0 Å². The molecule has 0 aromatic heterocycles. The van der Waals surface area contributed by atoms with Gasteiger partial charge in [-0.1, -0.05) is 19.4 Å². The first-order valence-corrected chi connectivity index (χ1v) is 7.82. The summed E-state index contributed by atoms with van der Waals surface area (Å²) in [4.78, 5) is 22.8. The maximum absolute atomic E-state index is 11.7. The van der Waals surface area contributed by atoms with Crippen LogP contribution in [0.3, 0.4) is 0 Å². The number of rotatable bonds is 9. The first-order valence-electron chi connectivity index (χ1n) is 6.21. The molecule has 0 saturated carbocycles. The van der Waals surface area contributed by atoms with Gasteiger partial charge >= 0.3 is 11.9 Å². The molecule has 0 saturated heterocycles. The second-order valence-electron chi connectivity index (χ2n) is 4.07. The van der Waals surface area contributed by atoms with Crippen molar-refractivity contribution in [3.8, 4) is 0 Å². The fourth-order valence-electron chi connectivity index (χ4n) is 1.35. The molecule has 0 aliphatic heterocycles. The largest absolute Gasteiger partial charge is 0.464 e. The Hall–Kier alpha value is -1.41. The summed E-state index contributed by atoms with van der Waals surface area (Å²) in [5.74, 6) is -2.51. The van der Waals surface area contributed by atoms with Crippen LogP contribution in [0.2, 0.25) is 0 Å². The zero-order valence-electron chi connectivity index (χ0n) is 11.6. The molecule has 1 atom stereocenters. The second kappa shape index (κ2) is 9.49. The number of hydrogen-bond acceptors (Lipinski definition) is 6. The molecular formula is C12H20O7S. The fourth-order valence-corrected chi connectivity index (χ4v) is 1.64. The highest BCUT2D eigenvalue weighted by molar-refractivity contribution is 7.85.